The first kappa shape index (κ1) is 18.6. The van der Waals surface area contributed by atoms with E-state index in [2.05, 4.69) is 101 Å². The van der Waals surface area contributed by atoms with E-state index >= 15 is 0 Å². The van der Waals surface area contributed by atoms with E-state index in [0.717, 1.165) is 17.7 Å². The van der Waals surface area contributed by atoms with E-state index in [-0.39, 0.29) is 5.41 Å². The maximum Gasteiger partial charge on any atom is 0.0397 e. The minimum Gasteiger partial charge on any atom is -0.398 e. The second-order valence-corrected chi connectivity index (χ2v) is 8.48. The Balaban J connectivity index is 2.00. The third kappa shape index (κ3) is 3.16. The Morgan fingerprint density at radius 3 is 2.18 bits per heavy atom. The molecular formula is C27H29N. The number of nitrogens with two attached hydrogens (primary N) is 1. The normalized spacial score (nSPS) is 23.4. The van der Waals surface area contributed by atoms with Gasteiger partial charge >= 0.3 is 0 Å². The summed E-state index contributed by atoms with van der Waals surface area (Å²) in [7, 11) is 0. The Labute approximate surface area is 168 Å². The Hall–Kier alpha value is -2.80. The van der Waals surface area contributed by atoms with Crippen LogP contribution in [0.15, 0.2) is 89.7 Å². The topological polar surface area (TPSA) is 26.0 Å². The highest BCUT2D eigenvalue weighted by Gasteiger charge is 2.29. The van der Waals surface area contributed by atoms with E-state index in [4.69, 9.17) is 5.73 Å². The van der Waals surface area contributed by atoms with Crippen LogP contribution in [0, 0.1) is 11.3 Å². The summed E-state index contributed by atoms with van der Waals surface area (Å²) in [4.78, 5) is 0. The molecular weight excluding hydrogens is 338 g/mol. The summed E-state index contributed by atoms with van der Waals surface area (Å²) >= 11 is 0. The molecule has 0 aliphatic heterocycles. The number of benzene rings is 2. The molecule has 0 unspecified atom stereocenters. The lowest BCUT2D eigenvalue weighted by Gasteiger charge is -2.29. The summed E-state index contributed by atoms with van der Waals surface area (Å²) in [5.41, 5.74) is 13.7. The summed E-state index contributed by atoms with van der Waals surface area (Å²) in [6.45, 7) is 9.00. The van der Waals surface area contributed by atoms with Gasteiger partial charge in [0.15, 0.2) is 0 Å². The van der Waals surface area contributed by atoms with Crippen molar-refractivity contribution in [3.8, 4) is 0 Å². The Bertz CT molecular complexity index is 1090. The lowest BCUT2D eigenvalue weighted by molar-refractivity contribution is 0.563. The van der Waals surface area contributed by atoms with E-state index in [9.17, 15) is 0 Å². The first-order valence-corrected chi connectivity index (χ1v) is 10.2. The zero-order valence-corrected chi connectivity index (χ0v) is 17.3. The molecule has 2 aliphatic rings. The number of aryl methyl sites for hydroxylation is 1. The largest absolute Gasteiger partial charge is 0.398 e. The molecule has 0 aromatic heterocycles. The summed E-state index contributed by atoms with van der Waals surface area (Å²) in [6.07, 6.45) is 14.5. The van der Waals surface area contributed by atoms with E-state index in [1.807, 2.05) is 0 Å². The van der Waals surface area contributed by atoms with Crippen LogP contribution in [-0.4, -0.2) is 0 Å². The average Bonchev–Trinajstić information content (AvgIpc) is 2.79. The molecule has 2 bridgehead atoms. The minimum absolute atomic E-state index is 0.0806. The fourth-order valence-electron chi connectivity index (χ4n) is 4.16. The van der Waals surface area contributed by atoms with Crippen LogP contribution in [0.4, 0.5) is 0 Å². The highest BCUT2D eigenvalue weighted by atomic mass is 14.6. The molecule has 1 nitrogen and oxygen atoms in total. The summed E-state index contributed by atoms with van der Waals surface area (Å²) < 4.78 is 0. The van der Waals surface area contributed by atoms with Gasteiger partial charge in [-0.15, -0.1) is 0 Å². The Morgan fingerprint density at radius 1 is 0.929 bits per heavy atom. The van der Waals surface area contributed by atoms with Crippen LogP contribution in [0.1, 0.15) is 38.8 Å². The van der Waals surface area contributed by atoms with Crippen molar-refractivity contribution in [3.05, 3.63) is 101 Å². The van der Waals surface area contributed by atoms with Gasteiger partial charge < -0.3 is 5.73 Å². The molecule has 2 N–H and O–H groups in total. The molecule has 0 amide bonds. The first-order valence-electron chi connectivity index (χ1n) is 10.2. The second kappa shape index (κ2) is 6.98. The zero-order valence-electron chi connectivity index (χ0n) is 17.3. The molecule has 0 saturated carbocycles. The molecule has 0 radical (unpaired) electrons. The predicted octanol–water partition coefficient (Wildman–Crippen LogP) is 6.73. The van der Waals surface area contributed by atoms with Gasteiger partial charge in [-0.05, 0) is 63.6 Å². The lowest BCUT2D eigenvalue weighted by atomic mass is 9.75. The third-order valence-corrected chi connectivity index (χ3v) is 6.17. The van der Waals surface area contributed by atoms with Crippen LogP contribution < -0.4 is 5.73 Å². The van der Waals surface area contributed by atoms with Crippen LogP contribution in [0.2, 0.25) is 0 Å². The van der Waals surface area contributed by atoms with Crippen LogP contribution in [0.5, 0.6) is 0 Å². The van der Waals surface area contributed by atoms with Crippen molar-refractivity contribution in [2.75, 3.05) is 0 Å². The number of hydrogen-bond donors (Lipinski definition) is 1. The molecule has 2 aromatic carbocycles. The number of hydrogen-bond acceptors (Lipinski definition) is 1. The molecule has 4 rings (SSSR count). The van der Waals surface area contributed by atoms with Crippen LogP contribution >= 0.6 is 0 Å². The van der Waals surface area contributed by atoms with Crippen molar-refractivity contribution in [1.82, 2.24) is 0 Å². The quantitative estimate of drug-likeness (QED) is 0.626. The standard InChI is InChI=1S/C27H29N/c1-5-19-14-20-8-6-7-9-21(20)15-24(19)25-16-22-12-10-18(2)11-13-23(17-26(25)28)27(22,3)4/h6-18H,5,28H2,1-4H3/b12-10-,13-11-/t18-/m0/s1. The van der Waals surface area contributed by atoms with Gasteiger partial charge in [-0.25, -0.2) is 0 Å². The molecule has 28 heavy (non-hydrogen) atoms. The first-order chi connectivity index (χ1) is 13.4. The molecule has 0 saturated heterocycles. The maximum atomic E-state index is 6.69. The van der Waals surface area contributed by atoms with Crippen molar-refractivity contribution in [2.24, 2.45) is 17.1 Å². The van der Waals surface area contributed by atoms with E-state index in [1.165, 1.54) is 33.0 Å². The monoisotopic (exact) mass is 367 g/mol. The van der Waals surface area contributed by atoms with Crippen LogP contribution in [0.25, 0.3) is 16.3 Å². The van der Waals surface area contributed by atoms with Crippen molar-refractivity contribution in [3.63, 3.8) is 0 Å². The van der Waals surface area contributed by atoms with Gasteiger partial charge in [0.2, 0.25) is 0 Å². The zero-order chi connectivity index (χ0) is 19.9. The van der Waals surface area contributed by atoms with Crippen molar-refractivity contribution < 1.29 is 0 Å². The fourth-order valence-corrected chi connectivity index (χ4v) is 4.16. The average molecular weight is 368 g/mol. The van der Waals surface area contributed by atoms with Crippen LogP contribution in [-0.2, 0) is 6.42 Å². The smallest absolute Gasteiger partial charge is 0.0397 e. The summed E-state index contributed by atoms with van der Waals surface area (Å²) in [5, 5.41) is 2.54. The Kier molecular flexibility index (Phi) is 4.63. The number of allylic oxidation sites excluding steroid dienone is 9. The summed E-state index contributed by atoms with van der Waals surface area (Å²) in [6, 6.07) is 13.2. The number of rotatable bonds is 2. The van der Waals surface area contributed by atoms with Crippen molar-refractivity contribution >= 4 is 16.3 Å². The highest BCUT2D eigenvalue weighted by Crippen LogP contribution is 2.43. The van der Waals surface area contributed by atoms with E-state index in [0.29, 0.717) is 5.92 Å². The van der Waals surface area contributed by atoms with Gasteiger partial charge in [0.25, 0.3) is 0 Å². The van der Waals surface area contributed by atoms with E-state index in [1.54, 1.807) is 0 Å². The molecule has 0 spiro atoms. The van der Waals surface area contributed by atoms with Crippen LogP contribution in [0.3, 0.4) is 0 Å². The molecule has 0 fully saturated rings. The molecule has 142 valence electrons. The van der Waals surface area contributed by atoms with Gasteiger partial charge in [-0.3, -0.25) is 0 Å². The molecule has 1 atom stereocenters. The predicted molar refractivity (Wildman–Crippen MR) is 122 cm³/mol. The summed E-state index contributed by atoms with van der Waals surface area (Å²) in [5.74, 6) is 0.414. The maximum absolute atomic E-state index is 6.69. The molecule has 0 heterocycles. The van der Waals surface area contributed by atoms with Gasteiger partial charge in [-0.2, -0.15) is 0 Å². The van der Waals surface area contributed by atoms with Gasteiger partial charge in [0.1, 0.15) is 0 Å². The molecule has 2 aromatic rings. The Morgan fingerprint density at radius 2 is 1.54 bits per heavy atom. The SMILES string of the molecule is CCc1cc2ccccc2cc1C1=C(N)C=C2/C=C\[C@@H](C)/C=C\C(=C1)C2(C)C. The fraction of sp³-hybridized carbons (Fsp3) is 0.259. The molecule has 1 heteroatoms. The van der Waals surface area contributed by atoms with Crippen molar-refractivity contribution in [1.29, 1.82) is 0 Å². The second-order valence-electron chi connectivity index (χ2n) is 8.48. The third-order valence-electron chi connectivity index (χ3n) is 6.17. The van der Waals surface area contributed by atoms with Gasteiger partial charge in [0.05, 0.1) is 0 Å². The van der Waals surface area contributed by atoms with E-state index < -0.39 is 0 Å². The molecule has 2 aliphatic carbocycles. The van der Waals surface area contributed by atoms with Crippen molar-refractivity contribution in [2.45, 2.75) is 34.1 Å². The number of fused-ring (bicyclic) bond motifs is 3. The lowest BCUT2D eigenvalue weighted by Crippen LogP contribution is -2.17. The minimum atomic E-state index is -0.0806. The van der Waals surface area contributed by atoms with Gasteiger partial charge in [0, 0.05) is 16.7 Å². The van der Waals surface area contributed by atoms with Gasteiger partial charge in [-0.1, -0.05) is 82.3 Å². The highest BCUT2D eigenvalue weighted by molar-refractivity contribution is 5.91.